The molecule has 9 heteroatoms. The number of likely N-dealkylation sites (tertiary alicyclic amines) is 1. The molecule has 3 heterocycles. The molecule has 0 unspecified atom stereocenters. The quantitative estimate of drug-likeness (QED) is 0.556. The van der Waals surface area contributed by atoms with E-state index < -0.39 is 17.8 Å². The highest BCUT2D eigenvalue weighted by Gasteiger charge is 2.33. The molecule has 3 aromatic rings. The van der Waals surface area contributed by atoms with Crippen molar-refractivity contribution in [2.45, 2.75) is 44.8 Å². The van der Waals surface area contributed by atoms with E-state index in [-0.39, 0.29) is 5.56 Å². The third-order valence-corrected chi connectivity index (χ3v) is 6.47. The Morgan fingerprint density at radius 3 is 2.58 bits per heavy atom. The minimum Gasteiger partial charge on any atom is -0.481 e. The third-order valence-electron chi connectivity index (χ3n) is 6.47. The lowest BCUT2D eigenvalue weighted by Crippen LogP contribution is -2.29. The van der Waals surface area contributed by atoms with E-state index in [2.05, 4.69) is 32.2 Å². The fourth-order valence-corrected chi connectivity index (χ4v) is 4.59. The van der Waals surface area contributed by atoms with Gasteiger partial charge in [-0.05, 0) is 76.0 Å². The first kappa shape index (κ1) is 23.2. The average molecular weight is 460 g/mol. The molecule has 6 nitrogen and oxygen atoms in total. The minimum atomic E-state index is -4.40. The molecule has 1 saturated heterocycles. The molecule has 1 aliphatic rings. The number of nitrogens with one attached hydrogen (secondary N) is 1. The maximum atomic E-state index is 13.4. The molecule has 1 fully saturated rings. The maximum Gasteiger partial charge on any atom is 0.416 e. The summed E-state index contributed by atoms with van der Waals surface area (Å²) in [6.07, 6.45) is -1.00. The number of hydrogen-bond acceptors (Lipinski definition) is 6. The van der Waals surface area contributed by atoms with Crippen molar-refractivity contribution >= 4 is 16.9 Å². The van der Waals surface area contributed by atoms with Gasteiger partial charge in [-0.1, -0.05) is 12.1 Å². The van der Waals surface area contributed by atoms with Crippen LogP contribution in [0.2, 0.25) is 0 Å². The van der Waals surface area contributed by atoms with Crippen LogP contribution in [0, 0.1) is 6.92 Å². The van der Waals surface area contributed by atoms with Crippen LogP contribution in [0.25, 0.3) is 11.0 Å². The average Bonchev–Trinajstić information content (AvgIpc) is 2.78. The molecule has 0 radical (unpaired) electrons. The molecule has 1 aromatic carbocycles. The van der Waals surface area contributed by atoms with Crippen molar-refractivity contribution in [2.24, 2.45) is 0 Å². The lowest BCUT2D eigenvalue weighted by atomic mass is 9.89. The zero-order chi connectivity index (χ0) is 23.8. The van der Waals surface area contributed by atoms with Gasteiger partial charge in [0.25, 0.3) is 0 Å². The number of rotatable bonds is 5. The van der Waals surface area contributed by atoms with Gasteiger partial charge in [0, 0.05) is 5.56 Å². The lowest BCUT2D eigenvalue weighted by Gasteiger charge is -2.29. The molecule has 1 atom stereocenters. The first-order valence-corrected chi connectivity index (χ1v) is 11.0. The van der Waals surface area contributed by atoms with E-state index in [1.54, 1.807) is 13.2 Å². The predicted octanol–water partition coefficient (Wildman–Crippen LogP) is 5.34. The number of methoxy groups -OCH3 is 1. The topological polar surface area (TPSA) is 63.2 Å². The number of nitrogens with zero attached hydrogens (tertiary/aromatic N) is 4. The van der Waals surface area contributed by atoms with Crippen LogP contribution < -0.4 is 10.1 Å². The molecule has 2 aromatic heterocycles. The normalized spacial score (nSPS) is 16.7. The van der Waals surface area contributed by atoms with E-state index >= 15 is 0 Å². The van der Waals surface area contributed by atoms with Gasteiger partial charge in [-0.2, -0.15) is 18.2 Å². The molecule has 1 aliphatic heterocycles. The molecule has 0 aliphatic carbocycles. The van der Waals surface area contributed by atoms with E-state index in [0.29, 0.717) is 28.8 Å². The van der Waals surface area contributed by atoms with Crippen LogP contribution in [-0.2, 0) is 6.18 Å². The van der Waals surface area contributed by atoms with Gasteiger partial charge in [-0.25, -0.2) is 9.97 Å². The Bertz CT molecular complexity index is 1140. The van der Waals surface area contributed by atoms with E-state index in [4.69, 9.17) is 4.74 Å². The highest BCUT2D eigenvalue weighted by atomic mass is 19.4. The first-order valence-electron chi connectivity index (χ1n) is 11.0. The van der Waals surface area contributed by atoms with Gasteiger partial charge in [-0.3, -0.25) is 0 Å². The van der Waals surface area contributed by atoms with Gasteiger partial charge in [0.1, 0.15) is 12.1 Å². The number of benzene rings is 1. The summed E-state index contributed by atoms with van der Waals surface area (Å²) >= 11 is 0. The van der Waals surface area contributed by atoms with Crippen molar-refractivity contribution in [1.29, 1.82) is 0 Å². The summed E-state index contributed by atoms with van der Waals surface area (Å²) in [6, 6.07) is 5.86. The molecule has 0 spiro atoms. The Kier molecular flexibility index (Phi) is 6.43. The van der Waals surface area contributed by atoms with Gasteiger partial charge >= 0.3 is 6.18 Å². The van der Waals surface area contributed by atoms with Gasteiger partial charge in [0.15, 0.2) is 5.65 Å². The lowest BCUT2D eigenvalue weighted by molar-refractivity contribution is -0.138. The SMILES string of the molecule is COc1nc2ncnc(N[C@H](C)c3cccc(C(F)(F)F)c3C)c2cc1C1CCN(C)CC1. The zero-order valence-electron chi connectivity index (χ0n) is 19.2. The van der Waals surface area contributed by atoms with E-state index in [9.17, 15) is 13.2 Å². The summed E-state index contributed by atoms with van der Waals surface area (Å²) < 4.78 is 45.7. The van der Waals surface area contributed by atoms with Crippen molar-refractivity contribution in [3.8, 4) is 5.88 Å². The van der Waals surface area contributed by atoms with Crippen molar-refractivity contribution < 1.29 is 17.9 Å². The van der Waals surface area contributed by atoms with E-state index in [1.807, 2.05) is 13.0 Å². The standard InChI is InChI=1S/C24H28F3N5O/c1-14-17(6-5-7-20(14)24(25,26)27)15(2)30-21-19-12-18(16-8-10-32(3)11-9-16)23(33-4)31-22(19)29-13-28-21/h5-7,12-13,15-16H,8-11H2,1-4H3,(H,28,29,30,31)/t15-/m1/s1. The molecule has 1 N–H and O–H groups in total. The summed E-state index contributed by atoms with van der Waals surface area (Å²) in [5.74, 6) is 1.40. The van der Waals surface area contributed by atoms with E-state index in [0.717, 1.165) is 42.9 Å². The van der Waals surface area contributed by atoms with Gasteiger partial charge in [-0.15, -0.1) is 0 Å². The predicted molar refractivity (Wildman–Crippen MR) is 122 cm³/mol. The monoisotopic (exact) mass is 459 g/mol. The number of ether oxygens (including phenoxy) is 1. The van der Waals surface area contributed by atoms with Crippen LogP contribution in [-0.4, -0.2) is 47.1 Å². The smallest absolute Gasteiger partial charge is 0.416 e. The van der Waals surface area contributed by atoms with Crippen LogP contribution >= 0.6 is 0 Å². The number of anilines is 1. The molecular formula is C24H28F3N5O. The summed E-state index contributed by atoms with van der Waals surface area (Å²) in [7, 11) is 3.71. The van der Waals surface area contributed by atoms with Crippen LogP contribution in [0.4, 0.5) is 19.0 Å². The number of fused-ring (bicyclic) bond motifs is 1. The summed E-state index contributed by atoms with van der Waals surface area (Å²) in [5, 5.41) is 4.01. The fraction of sp³-hybridized carbons (Fsp3) is 0.458. The van der Waals surface area contributed by atoms with Crippen molar-refractivity contribution in [3.05, 3.63) is 52.8 Å². The molecule has 176 valence electrons. The second kappa shape index (κ2) is 9.13. The molecule has 0 bridgehead atoms. The highest BCUT2D eigenvalue weighted by molar-refractivity contribution is 5.87. The third kappa shape index (κ3) is 4.73. The van der Waals surface area contributed by atoms with Gasteiger partial charge in [0.05, 0.1) is 24.1 Å². The zero-order valence-corrected chi connectivity index (χ0v) is 19.2. The number of alkyl halides is 3. The second-order valence-corrected chi connectivity index (χ2v) is 8.64. The summed E-state index contributed by atoms with van der Waals surface area (Å²) in [4.78, 5) is 15.6. The van der Waals surface area contributed by atoms with Crippen molar-refractivity contribution in [3.63, 3.8) is 0 Å². The summed E-state index contributed by atoms with van der Waals surface area (Å²) in [6.45, 7) is 5.31. The molecule has 33 heavy (non-hydrogen) atoms. The Hall–Kier alpha value is -2.94. The summed E-state index contributed by atoms with van der Waals surface area (Å²) in [5.41, 5.74) is 1.63. The van der Waals surface area contributed by atoms with Crippen LogP contribution in [0.3, 0.4) is 0 Å². The fourth-order valence-electron chi connectivity index (χ4n) is 4.59. The molecular weight excluding hydrogens is 431 g/mol. The van der Waals surface area contributed by atoms with Crippen LogP contribution in [0.1, 0.15) is 54.0 Å². The number of pyridine rings is 1. The second-order valence-electron chi connectivity index (χ2n) is 8.64. The molecule has 4 rings (SSSR count). The van der Waals surface area contributed by atoms with Gasteiger partial charge in [0.2, 0.25) is 5.88 Å². The van der Waals surface area contributed by atoms with Gasteiger partial charge < -0.3 is 15.0 Å². The largest absolute Gasteiger partial charge is 0.481 e. The first-order chi connectivity index (χ1) is 15.7. The molecule has 0 saturated carbocycles. The number of piperidine rings is 1. The maximum absolute atomic E-state index is 13.4. The van der Waals surface area contributed by atoms with E-state index in [1.165, 1.54) is 19.3 Å². The minimum absolute atomic E-state index is 0.204. The Labute approximate surface area is 191 Å². The van der Waals surface area contributed by atoms with Crippen molar-refractivity contribution in [1.82, 2.24) is 19.9 Å². The Morgan fingerprint density at radius 1 is 1.18 bits per heavy atom. The van der Waals surface area contributed by atoms with Crippen molar-refractivity contribution in [2.75, 3.05) is 32.6 Å². The van der Waals surface area contributed by atoms with Crippen LogP contribution in [0.5, 0.6) is 5.88 Å². The molecule has 0 amide bonds. The number of hydrogen-bond donors (Lipinski definition) is 1. The highest BCUT2D eigenvalue weighted by Crippen LogP contribution is 2.38. The van der Waals surface area contributed by atoms with Crippen LogP contribution in [0.15, 0.2) is 30.6 Å². The number of halogens is 3. The Morgan fingerprint density at radius 2 is 1.91 bits per heavy atom. The number of aromatic nitrogens is 3. The Balaban J connectivity index is 1.71.